The second-order valence-electron chi connectivity index (χ2n) is 3.68. The van der Waals surface area contributed by atoms with Gasteiger partial charge in [0.05, 0.1) is 12.1 Å². The lowest BCUT2D eigenvalue weighted by Gasteiger charge is -2.31. The molecule has 0 aromatic carbocycles. The maximum Gasteiger partial charge on any atom is 0.250 e. The normalized spacial score (nSPS) is 21.9. The molecule has 1 aliphatic rings. The quantitative estimate of drug-likeness (QED) is 0.815. The molecule has 1 amide bonds. The Morgan fingerprint density at radius 1 is 1.81 bits per heavy atom. The number of ether oxygens (including phenoxy) is 1. The van der Waals surface area contributed by atoms with E-state index >= 15 is 0 Å². The van der Waals surface area contributed by atoms with Gasteiger partial charge in [-0.2, -0.15) is 0 Å². The number of nitrogens with zero attached hydrogens (tertiary/aromatic N) is 2. The Balaban J connectivity index is 1.89. The molecular formula is C10H15N3O2S. The van der Waals surface area contributed by atoms with E-state index in [1.807, 2.05) is 11.7 Å². The Bertz CT molecular complexity index is 342. The smallest absolute Gasteiger partial charge is 0.250 e. The fourth-order valence-corrected chi connectivity index (χ4v) is 2.34. The SMILES string of the molecule is CNC(=O)[C@H]1CN(Cc2cncs2)CCO1. The predicted molar refractivity (Wildman–Crippen MR) is 61.2 cm³/mol. The van der Waals surface area contributed by atoms with Gasteiger partial charge in [-0.05, 0) is 0 Å². The van der Waals surface area contributed by atoms with Crippen LogP contribution in [0.5, 0.6) is 0 Å². The second kappa shape index (κ2) is 5.38. The van der Waals surface area contributed by atoms with Crippen molar-refractivity contribution in [3.05, 3.63) is 16.6 Å². The topological polar surface area (TPSA) is 54.5 Å². The summed E-state index contributed by atoms with van der Waals surface area (Å²) in [5, 5.41) is 2.61. The summed E-state index contributed by atoms with van der Waals surface area (Å²) >= 11 is 1.64. The Labute approximate surface area is 98.4 Å². The summed E-state index contributed by atoms with van der Waals surface area (Å²) in [6.45, 7) is 2.97. The monoisotopic (exact) mass is 241 g/mol. The first-order chi connectivity index (χ1) is 7.79. The van der Waals surface area contributed by atoms with Gasteiger partial charge in [0.2, 0.25) is 5.91 Å². The first-order valence-electron chi connectivity index (χ1n) is 5.22. The molecule has 1 fully saturated rings. The predicted octanol–water partition coefficient (Wildman–Crippen LogP) is 0.0899. The highest BCUT2D eigenvalue weighted by atomic mass is 32.1. The van der Waals surface area contributed by atoms with Crippen LogP contribution in [0.25, 0.3) is 0 Å². The molecule has 2 rings (SSSR count). The van der Waals surface area contributed by atoms with Gasteiger partial charge in [0.1, 0.15) is 6.10 Å². The highest BCUT2D eigenvalue weighted by Gasteiger charge is 2.25. The van der Waals surface area contributed by atoms with Gasteiger partial charge in [-0.15, -0.1) is 11.3 Å². The second-order valence-corrected chi connectivity index (χ2v) is 4.65. The van der Waals surface area contributed by atoms with Gasteiger partial charge in [0, 0.05) is 37.8 Å². The molecule has 1 aliphatic heterocycles. The minimum absolute atomic E-state index is 0.0472. The molecule has 1 aromatic heterocycles. The van der Waals surface area contributed by atoms with Crippen molar-refractivity contribution in [1.82, 2.24) is 15.2 Å². The van der Waals surface area contributed by atoms with Crippen LogP contribution in [-0.4, -0.2) is 48.6 Å². The zero-order valence-electron chi connectivity index (χ0n) is 9.18. The number of amides is 1. The van der Waals surface area contributed by atoms with Gasteiger partial charge in [-0.25, -0.2) is 0 Å². The van der Waals surface area contributed by atoms with E-state index in [1.54, 1.807) is 18.4 Å². The molecule has 5 nitrogen and oxygen atoms in total. The van der Waals surface area contributed by atoms with Crippen molar-refractivity contribution in [1.29, 1.82) is 0 Å². The standard InChI is InChI=1S/C10H15N3O2S/c1-11-10(14)9-6-13(2-3-15-9)5-8-4-12-7-16-8/h4,7,9H,2-3,5-6H2,1H3,(H,11,14)/t9-/m1/s1. The summed E-state index contributed by atoms with van der Waals surface area (Å²) < 4.78 is 5.41. The zero-order valence-corrected chi connectivity index (χ0v) is 10.00. The van der Waals surface area contributed by atoms with Gasteiger partial charge in [0.25, 0.3) is 0 Å². The van der Waals surface area contributed by atoms with Gasteiger partial charge in [0.15, 0.2) is 0 Å². The van der Waals surface area contributed by atoms with E-state index in [0.29, 0.717) is 13.2 Å². The van der Waals surface area contributed by atoms with Gasteiger partial charge in [-0.1, -0.05) is 0 Å². The number of nitrogens with one attached hydrogen (secondary N) is 1. The van der Waals surface area contributed by atoms with Gasteiger partial charge in [-0.3, -0.25) is 14.7 Å². The third-order valence-corrected chi connectivity index (χ3v) is 3.32. The minimum atomic E-state index is -0.341. The molecule has 0 aliphatic carbocycles. The molecule has 1 saturated heterocycles. The highest BCUT2D eigenvalue weighted by Crippen LogP contribution is 2.13. The lowest BCUT2D eigenvalue weighted by Crippen LogP contribution is -2.48. The molecule has 16 heavy (non-hydrogen) atoms. The van der Waals surface area contributed by atoms with Crippen LogP contribution in [-0.2, 0) is 16.1 Å². The van der Waals surface area contributed by atoms with E-state index in [0.717, 1.165) is 13.1 Å². The summed E-state index contributed by atoms with van der Waals surface area (Å²) in [6.07, 6.45) is 1.53. The average molecular weight is 241 g/mol. The van der Waals surface area contributed by atoms with E-state index < -0.39 is 0 Å². The van der Waals surface area contributed by atoms with Crippen molar-refractivity contribution in [3.63, 3.8) is 0 Å². The maximum atomic E-state index is 11.4. The molecule has 0 saturated carbocycles. The fourth-order valence-electron chi connectivity index (χ4n) is 1.71. The Hall–Kier alpha value is -0.980. The summed E-state index contributed by atoms with van der Waals surface area (Å²) in [5.41, 5.74) is 1.83. The minimum Gasteiger partial charge on any atom is -0.366 e. The van der Waals surface area contributed by atoms with E-state index in [2.05, 4.69) is 15.2 Å². The number of likely N-dealkylation sites (N-methyl/N-ethyl adjacent to an activating group) is 1. The largest absolute Gasteiger partial charge is 0.366 e. The third kappa shape index (κ3) is 2.78. The molecule has 6 heteroatoms. The lowest BCUT2D eigenvalue weighted by molar-refractivity contribution is -0.138. The first-order valence-corrected chi connectivity index (χ1v) is 6.10. The van der Waals surface area contributed by atoms with Gasteiger partial charge < -0.3 is 10.1 Å². The Kier molecular flexibility index (Phi) is 3.87. The van der Waals surface area contributed by atoms with Crippen LogP contribution < -0.4 is 5.32 Å². The van der Waals surface area contributed by atoms with E-state index in [9.17, 15) is 4.79 Å². The molecule has 0 unspecified atom stereocenters. The van der Waals surface area contributed by atoms with Crippen LogP contribution in [0.2, 0.25) is 0 Å². The summed E-state index contributed by atoms with van der Waals surface area (Å²) in [5.74, 6) is -0.0472. The lowest BCUT2D eigenvalue weighted by atomic mass is 10.2. The van der Waals surface area contributed by atoms with Gasteiger partial charge >= 0.3 is 0 Å². The average Bonchev–Trinajstić information content (AvgIpc) is 2.81. The highest BCUT2D eigenvalue weighted by molar-refractivity contribution is 7.09. The van der Waals surface area contributed by atoms with Crippen molar-refractivity contribution >= 4 is 17.2 Å². The number of hydrogen-bond donors (Lipinski definition) is 1. The molecule has 0 radical (unpaired) electrons. The van der Waals surface area contributed by atoms with Crippen LogP contribution in [0.3, 0.4) is 0 Å². The number of carbonyl (C=O) groups excluding carboxylic acids is 1. The van der Waals surface area contributed by atoms with Crippen molar-refractivity contribution in [2.75, 3.05) is 26.7 Å². The van der Waals surface area contributed by atoms with E-state index in [-0.39, 0.29) is 12.0 Å². The number of carbonyl (C=O) groups is 1. The summed E-state index contributed by atoms with van der Waals surface area (Å²) in [7, 11) is 1.63. The number of morpholine rings is 1. The number of thiazole rings is 1. The van der Waals surface area contributed by atoms with Crippen molar-refractivity contribution in [3.8, 4) is 0 Å². The molecule has 88 valence electrons. The van der Waals surface area contributed by atoms with E-state index in [4.69, 9.17) is 4.74 Å². The zero-order chi connectivity index (χ0) is 11.4. The third-order valence-electron chi connectivity index (χ3n) is 2.55. The Morgan fingerprint density at radius 3 is 3.38 bits per heavy atom. The summed E-state index contributed by atoms with van der Waals surface area (Å²) in [6, 6.07) is 0. The molecule has 2 heterocycles. The van der Waals surface area contributed by atoms with Crippen LogP contribution in [0.1, 0.15) is 4.88 Å². The van der Waals surface area contributed by atoms with Crippen LogP contribution in [0, 0.1) is 0 Å². The maximum absolute atomic E-state index is 11.4. The van der Waals surface area contributed by atoms with Crippen molar-refractivity contribution in [2.45, 2.75) is 12.6 Å². The summed E-state index contributed by atoms with van der Waals surface area (Å²) in [4.78, 5) is 18.9. The molecule has 1 atom stereocenters. The molecule has 1 aromatic rings. The molecular weight excluding hydrogens is 226 g/mol. The van der Waals surface area contributed by atoms with Crippen LogP contribution >= 0.6 is 11.3 Å². The molecule has 0 bridgehead atoms. The van der Waals surface area contributed by atoms with Crippen LogP contribution in [0.15, 0.2) is 11.7 Å². The number of hydrogen-bond acceptors (Lipinski definition) is 5. The van der Waals surface area contributed by atoms with Crippen molar-refractivity contribution < 1.29 is 9.53 Å². The Morgan fingerprint density at radius 2 is 2.69 bits per heavy atom. The number of rotatable bonds is 3. The number of aromatic nitrogens is 1. The first kappa shape index (κ1) is 11.5. The fraction of sp³-hybridized carbons (Fsp3) is 0.600. The molecule has 0 spiro atoms. The van der Waals surface area contributed by atoms with Crippen LogP contribution in [0.4, 0.5) is 0 Å². The van der Waals surface area contributed by atoms with E-state index in [1.165, 1.54) is 4.88 Å². The molecule has 1 N–H and O–H groups in total. The van der Waals surface area contributed by atoms with Crippen molar-refractivity contribution in [2.24, 2.45) is 0 Å².